The van der Waals surface area contributed by atoms with Crippen molar-refractivity contribution in [3.05, 3.63) is 60.8 Å². The molecule has 3 atom stereocenters. The molecular weight excluding hydrogens is 611 g/mol. The van der Waals surface area contributed by atoms with E-state index in [0.717, 1.165) is 57.8 Å². The summed E-state index contributed by atoms with van der Waals surface area (Å²) in [6, 6.07) is -0.892. The second-order valence-electron chi connectivity index (χ2n) is 12.0. The number of unbranched alkanes of at least 4 members (excludes halogenated alkanes) is 13. The van der Waals surface area contributed by atoms with E-state index in [-0.39, 0.29) is 25.7 Å². The standard InChI is InChI=1S/C38H69N2O6P/c1-3-5-7-9-11-13-15-17-18-20-21-23-25-27-29-31-37(41)36(35-46-47(43,44)45-34-33-39)40-38(42)32-30-28-26-24-22-19-16-14-12-10-8-6-4-2/h6,8,12,14,19,21-23,29,31,36-37,41H,3-5,7,9-11,13,15-18,20,24-28,30,32-35,39H2,1-2H3,(H,40,42)(H,43,44)/b8-6-,14-12-,22-19-,23-21+,31-29+. The summed E-state index contributed by atoms with van der Waals surface area (Å²) >= 11 is 0. The maximum Gasteiger partial charge on any atom is 0.472 e. The summed E-state index contributed by atoms with van der Waals surface area (Å²) in [5.41, 5.74) is 5.34. The van der Waals surface area contributed by atoms with E-state index in [0.29, 0.717) is 12.8 Å². The molecule has 1 amide bonds. The van der Waals surface area contributed by atoms with Crippen LogP contribution in [0, 0.1) is 0 Å². The smallest absolute Gasteiger partial charge is 0.387 e. The molecule has 0 aliphatic heterocycles. The van der Waals surface area contributed by atoms with Crippen LogP contribution in [0.4, 0.5) is 0 Å². The Morgan fingerprint density at radius 1 is 0.723 bits per heavy atom. The van der Waals surface area contributed by atoms with Crippen molar-refractivity contribution in [1.29, 1.82) is 0 Å². The minimum Gasteiger partial charge on any atom is -0.387 e. The molecule has 9 heteroatoms. The summed E-state index contributed by atoms with van der Waals surface area (Å²) < 4.78 is 22.0. The number of aliphatic hydroxyl groups excluding tert-OH is 1. The Balaban J connectivity index is 4.46. The predicted molar refractivity (Wildman–Crippen MR) is 198 cm³/mol. The van der Waals surface area contributed by atoms with E-state index in [1.165, 1.54) is 57.8 Å². The van der Waals surface area contributed by atoms with Gasteiger partial charge in [0, 0.05) is 13.0 Å². The first-order chi connectivity index (χ1) is 22.9. The van der Waals surface area contributed by atoms with E-state index < -0.39 is 20.0 Å². The first kappa shape index (κ1) is 45.2. The van der Waals surface area contributed by atoms with Gasteiger partial charge in [-0.1, -0.05) is 132 Å². The summed E-state index contributed by atoms with van der Waals surface area (Å²) in [4.78, 5) is 22.5. The predicted octanol–water partition coefficient (Wildman–Crippen LogP) is 9.55. The van der Waals surface area contributed by atoms with Crippen LogP contribution >= 0.6 is 7.82 Å². The van der Waals surface area contributed by atoms with Crippen molar-refractivity contribution in [3.63, 3.8) is 0 Å². The molecule has 0 aliphatic carbocycles. The SMILES string of the molecule is CC/C=C\C/C=C\C/C=C\CCCCCC(=O)NC(COP(=O)(O)OCCN)C(O)/C=C/CC/C=C/CCCCCCCCCCC. The molecule has 0 aliphatic rings. The van der Waals surface area contributed by atoms with Crippen LogP contribution in [0.1, 0.15) is 142 Å². The highest BCUT2D eigenvalue weighted by atomic mass is 31.2. The van der Waals surface area contributed by atoms with Crippen LogP contribution in [0.15, 0.2) is 60.8 Å². The first-order valence-corrected chi connectivity index (χ1v) is 19.9. The molecule has 272 valence electrons. The molecule has 3 unspecified atom stereocenters. The quantitative estimate of drug-likeness (QED) is 0.0308. The van der Waals surface area contributed by atoms with Crippen molar-refractivity contribution >= 4 is 13.7 Å². The summed E-state index contributed by atoms with van der Waals surface area (Å²) in [6.07, 6.45) is 41.3. The molecule has 5 N–H and O–H groups in total. The third kappa shape index (κ3) is 32.5. The van der Waals surface area contributed by atoms with Crippen molar-refractivity contribution in [2.75, 3.05) is 19.8 Å². The summed E-state index contributed by atoms with van der Waals surface area (Å²) in [5.74, 6) is -0.237. The number of carbonyl (C=O) groups is 1. The van der Waals surface area contributed by atoms with Crippen LogP contribution in [-0.4, -0.2) is 47.8 Å². The van der Waals surface area contributed by atoms with E-state index in [9.17, 15) is 19.4 Å². The van der Waals surface area contributed by atoms with Gasteiger partial charge >= 0.3 is 7.82 Å². The highest BCUT2D eigenvalue weighted by Gasteiger charge is 2.26. The normalized spacial score (nSPS) is 15.1. The van der Waals surface area contributed by atoms with Crippen molar-refractivity contribution in [2.45, 2.75) is 154 Å². The van der Waals surface area contributed by atoms with Gasteiger partial charge in [0.05, 0.1) is 25.4 Å². The van der Waals surface area contributed by atoms with Crippen molar-refractivity contribution in [2.24, 2.45) is 5.73 Å². The molecule has 0 bridgehead atoms. The van der Waals surface area contributed by atoms with E-state index in [4.69, 9.17) is 14.8 Å². The van der Waals surface area contributed by atoms with Gasteiger partial charge in [-0.25, -0.2) is 4.57 Å². The Morgan fingerprint density at radius 3 is 1.89 bits per heavy atom. The van der Waals surface area contributed by atoms with Crippen molar-refractivity contribution in [3.8, 4) is 0 Å². The Hall–Kier alpha value is -1.80. The third-order valence-corrected chi connectivity index (χ3v) is 8.56. The molecule has 0 aromatic heterocycles. The second-order valence-corrected chi connectivity index (χ2v) is 13.5. The lowest BCUT2D eigenvalue weighted by Crippen LogP contribution is -2.45. The van der Waals surface area contributed by atoms with E-state index in [2.05, 4.69) is 67.8 Å². The number of rotatable bonds is 33. The molecule has 0 radical (unpaired) electrons. The molecule has 0 fully saturated rings. The minimum absolute atomic E-state index is 0.0663. The number of allylic oxidation sites excluding steroid dienone is 9. The maximum absolute atomic E-state index is 12.7. The number of hydrogen-bond acceptors (Lipinski definition) is 6. The van der Waals surface area contributed by atoms with Crippen LogP contribution in [0.5, 0.6) is 0 Å². The zero-order valence-electron chi connectivity index (χ0n) is 29.7. The van der Waals surface area contributed by atoms with Gasteiger partial charge in [0.15, 0.2) is 0 Å². The number of phosphoric acid groups is 1. The van der Waals surface area contributed by atoms with Crippen LogP contribution in [0.25, 0.3) is 0 Å². The van der Waals surface area contributed by atoms with Crippen molar-refractivity contribution in [1.82, 2.24) is 5.32 Å². The molecule has 0 saturated carbocycles. The van der Waals surface area contributed by atoms with E-state index >= 15 is 0 Å². The van der Waals surface area contributed by atoms with Crippen LogP contribution < -0.4 is 11.1 Å². The van der Waals surface area contributed by atoms with Crippen LogP contribution in [0.2, 0.25) is 0 Å². The average molecular weight is 681 g/mol. The zero-order valence-corrected chi connectivity index (χ0v) is 30.6. The monoisotopic (exact) mass is 680 g/mol. The number of nitrogens with one attached hydrogen (secondary N) is 1. The molecule has 0 rings (SSSR count). The van der Waals surface area contributed by atoms with Crippen molar-refractivity contribution < 1.29 is 28.4 Å². The van der Waals surface area contributed by atoms with E-state index in [1.807, 2.05) is 6.08 Å². The average Bonchev–Trinajstić information content (AvgIpc) is 3.05. The number of phosphoric ester groups is 1. The topological polar surface area (TPSA) is 131 Å². The Bertz CT molecular complexity index is 918. The largest absolute Gasteiger partial charge is 0.472 e. The fourth-order valence-corrected chi connectivity index (χ4v) is 5.57. The fraction of sp³-hybridized carbons (Fsp3) is 0.711. The van der Waals surface area contributed by atoms with Gasteiger partial charge in [0.25, 0.3) is 0 Å². The van der Waals surface area contributed by atoms with E-state index in [1.54, 1.807) is 6.08 Å². The Kier molecular flexibility index (Phi) is 32.8. The van der Waals surface area contributed by atoms with Gasteiger partial charge in [-0.3, -0.25) is 13.8 Å². The molecule has 8 nitrogen and oxygen atoms in total. The van der Waals surface area contributed by atoms with Gasteiger partial charge in [-0.05, 0) is 64.2 Å². The molecule has 0 heterocycles. The maximum atomic E-state index is 12.7. The van der Waals surface area contributed by atoms with Gasteiger partial charge in [0.2, 0.25) is 5.91 Å². The Morgan fingerprint density at radius 2 is 1.26 bits per heavy atom. The lowest BCUT2D eigenvalue weighted by Gasteiger charge is -2.23. The highest BCUT2D eigenvalue weighted by Crippen LogP contribution is 2.43. The highest BCUT2D eigenvalue weighted by molar-refractivity contribution is 7.47. The lowest BCUT2D eigenvalue weighted by molar-refractivity contribution is -0.123. The summed E-state index contributed by atoms with van der Waals surface area (Å²) in [5, 5.41) is 13.5. The minimum atomic E-state index is -4.35. The van der Waals surface area contributed by atoms with Gasteiger partial charge in [-0.15, -0.1) is 0 Å². The molecule has 0 saturated heterocycles. The lowest BCUT2D eigenvalue weighted by atomic mass is 10.1. The van der Waals surface area contributed by atoms with Crippen LogP contribution in [-0.2, 0) is 18.4 Å². The molecule has 0 aromatic rings. The third-order valence-electron chi connectivity index (χ3n) is 7.58. The van der Waals surface area contributed by atoms with Crippen LogP contribution in [0.3, 0.4) is 0 Å². The summed E-state index contributed by atoms with van der Waals surface area (Å²) in [7, 11) is -4.35. The Labute approximate surface area is 287 Å². The number of nitrogens with two attached hydrogens (primary N) is 1. The molecule has 47 heavy (non-hydrogen) atoms. The molecular formula is C38H69N2O6P. The molecule has 0 aromatic carbocycles. The fourth-order valence-electron chi connectivity index (χ4n) is 4.81. The number of aliphatic hydroxyl groups is 1. The first-order valence-electron chi connectivity index (χ1n) is 18.4. The summed E-state index contributed by atoms with van der Waals surface area (Å²) in [6.45, 7) is 3.94. The second kappa shape index (κ2) is 34.1. The van der Waals surface area contributed by atoms with Gasteiger partial charge in [-0.2, -0.15) is 0 Å². The van der Waals surface area contributed by atoms with Gasteiger partial charge < -0.3 is 21.1 Å². The number of carbonyl (C=O) groups excluding carboxylic acids is 1. The van der Waals surface area contributed by atoms with Gasteiger partial charge in [0.1, 0.15) is 0 Å². The number of amides is 1. The zero-order chi connectivity index (χ0) is 34.7. The number of hydrogen-bond donors (Lipinski definition) is 4. The molecule has 0 spiro atoms.